The number of H-pyrrole nitrogens is 1. The lowest BCUT2D eigenvalue weighted by atomic mass is 9.96. The van der Waals surface area contributed by atoms with Crippen LogP contribution in [-0.2, 0) is 41.1 Å². The number of nitrogens with zero attached hydrogens (tertiary/aromatic N) is 3. The van der Waals surface area contributed by atoms with Gasteiger partial charge >= 0.3 is 0 Å². The van der Waals surface area contributed by atoms with E-state index in [1.807, 2.05) is 29.2 Å². The van der Waals surface area contributed by atoms with Gasteiger partial charge in [-0.3, -0.25) is 4.79 Å². The van der Waals surface area contributed by atoms with E-state index in [1.54, 1.807) is 18.5 Å². The predicted octanol–water partition coefficient (Wildman–Crippen LogP) is 4.08. The van der Waals surface area contributed by atoms with E-state index in [0.29, 0.717) is 19.0 Å². The summed E-state index contributed by atoms with van der Waals surface area (Å²) >= 11 is 0. The number of aryl methyl sites for hydroxylation is 2. The Hall–Kier alpha value is -3.17. The second-order valence-electron chi connectivity index (χ2n) is 11.0. The molecule has 8 nitrogen and oxygen atoms in total. The topological polar surface area (TPSA) is 100 Å². The van der Waals surface area contributed by atoms with E-state index in [-0.39, 0.29) is 17.2 Å². The van der Waals surface area contributed by atoms with Crippen LogP contribution in [-0.4, -0.2) is 52.9 Å². The van der Waals surface area contributed by atoms with Crippen LogP contribution in [0.15, 0.2) is 47.6 Å². The van der Waals surface area contributed by atoms with Crippen molar-refractivity contribution >= 4 is 37.9 Å². The Morgan fingerprint density at radius 1 is 1.13 bits per heavy atom. The van der Waals surface area contributed by atoms with Gasteiger partial charge in [0.25, 0.3) is 0 Å². The zero-order chi connectivity index (χ0) is 26.4. The van der Waals surface area contributed by atoms with Gasteiger partial charge in [0.1, 0.15) is 6.04 Å². The third-order valence-electron chi connectivity index (χ3n) is 8.42. The molecule has 2 aromatic heterocycles. The molecule has 38 heavy (non-hydrogen) atoms. The van der Waals surface area contributed by atoms with Gasteiger partial charge in [-0.2, -0.15) is 4.72 Å². The molecule has 2 aromatic carbocycles. The minimum Gasteiger partial charge on any atom is -0.347 e. The Bertz CT molecular complexity index is 1610. The molecular weight excluding hydrogens is 498 g/mol. The Kier molecular flexibility index (Phi) is 6.52. The average molecular weight is 534 g/mol. The number of benzene rings is 2. The van der Waals surface area contributed by atoms with Crippen molar-refractivity contribution in [1.29, 1.82) is 0 Å². The lowest BCUT2D eigenvalue weighted by molar-refractivity contribution is -0.134. The highest BCUT2D eigenvalue weighted by Crippen LogP contribution is 2.33. The Labute approximate surface area is 223 Å². The van der Waals surface area contributed by atoms with Gasteiger partial charge in [0.15, 0.2) is 0 Å². The molecule has 6 rings (SSSR count). The molecule has 1 unspecified atom stereocenters. The van der Waals surface area contributed by atoms with Crippen LogP contribution in [0, 0.1) is 5.92 Å². The first kappa shape index (κ1) is 25.1. The van der Waals surface area contributed by atoms with E-state index >= 15 is 0 Å². The highest BCUT2D eigenvalue weighted by molar-refractivity contribution is 7.89. The monoisotopic (exact) mass is 533 g/mol. The summed E-state index contributed by atoms with van der Waals surface area (Å²) in [6.45, 7) is 3.50. The number of piperidine rings is 1. The zero-order valence-electron chi connectivity index (χ0n) is 22.0. The SMILES string of the molecule is CC1CCN(C(=O)C(Cc2ccc3nc[nH]c3c2)NS(=O)(=O)c2ccc3c(c2)c2c(n3C)CCCC2)CC1. The van der Waals surface area contributed by atoms with Crippen molar-refractivity contribution in [2.45, 2.75) is 62.8 Å². The third-order valence-corrected chi connectivity index (χ3v) is 9.89. The maximum Gasteiger partial charge on any atom is 0.241 e. The molecule has 1 fully saturated rings. The van der Waals surface area contributed by atoms with Gasteiger partial charge in [-0.1, -0.05) is 13.0 Å². The van der Waals surface area contributed by atoms with E-state index in [0.717, 1.165) is 66.0 Å². The summed E-state index contributed by atoms with van der Waals surface area (Å²) in [5.41, 5.74) is 6.19. The maximum atomic E-state index is 13.8. The largest absolute Gasteiger partial charge is 0.347 e. The first-order valence-electron chi connectivity index (χ1n) is 13.6. The van der Waals surface area contributed by atoms with Crippen LogP contribution < -0.4 is 4.72 Å². The van der Waals surface area contributed by atoms with E-state index < -0.39 is 16.1 Å². The van der Waals surface area contributed by atoms with E-state index in [1.165, 1.54) is 11.3 Å². The normalized spacial score (nSPS) is 17.7. The quantitative estimate of drug-likeness (QED) is 0.390. The van der Waals surface area contributed by atoms with Gasteiger partial charge in [0.2, 0.25) is 15.9 Å². The van der Waals surface area contributed by atoms with Crippen LogP contribution in [0.2, 0.25) is 0 Å². The second kappa shape index (κ2) is 9.85. The van der Waals surface area contributed by atoms with Gasteiger partial charge in [-0.05, 0) is 92.3 Å². The van der Waals surface area contributed by atoms with Crippen molar-refractivity contribution in [2.24, 2.45) is 13.0 Å². The fraction of sp³-hybridized carbons (Fsp3) is 0.448. The molecule has 1 atom stereocenters. The zero-order valence-corrected chi connectivity index (χ0v) is 22.9. The number of sulfonamides is 1. The van der Waals surface area contributed by atoms with Crippen LogP contribution in [0.5, 0.6) is 0 Å². The van der Waals surface area contributed by atoms with Gasteiger partial charge in [-0.25, -0.2) is 13.4 Å². The molecule has 0 radical (unpaired) electrons. The molecule has 1 saturated heterocycles. The highest BCUT2D eigenvalue weighted by atomic mass is 32.2. The first-order valence-corrected chi connectivity index (χ1v) is 15.1. The number of imidazole rings is 1. The Balaban J connectivity index is 1.33. The van der Waals surface area contributed by atoms with Crippen LogP contribution in [0.3, 0.4) is 0 Å². The summed E-state index contributed by atoms with van der Waals surface area (Å²) in [4.78, 5) is 23.1. The molecule has 1 amide bonds. The van der Waals surface area contributed by atoms with Crippen LogP contribution in [0.4, 0.5) is 0 Å². The van der Waals surface area contributed by atoms with Gasteiger partial charge in [0.05, 0.1) is 22.3 Å². The minimum absolute atomic E-state index is 0.164. The fourth-order valence-electron chi connectivity index (χ4n) is 6.14. The van der Waals surface area contributed by atoms with Crippen molar-refractivity contribution < 1.29 is 13.2 Å². The molecule has 1 aliphatic carbocycles. The van der Waals surface area contributed by atoms with E-state index in [9.17, 15) is 13.2 Å². The molecule has 2 aliphatic rings. The van der Waals surface area contributed by atoms with Crippen molar-refractivity contribution in [2.75, 3.05) is 13.1 Å². The van der Waals surface area contributed by atoms with Gasteiger partial charge in [-0.15, -0.1) is 0 Å². The molecule has 4 aromatic rings. The maximum absolute atomic E-state index is 13.8. The predicted molar refractivity (Wildman–Crippen MR) is 148 cm³/mol. The van der Waals surface area contributed by atoms with Crippen LogP contribution in [0.1, 0.15) is 49.4 Å². The molecule has 3 heterocycles. The summed E-state index contributed by atoms with van der Waals surface area (Å²) in [6.07, 6.45) is 8.03. The number of carbonyl (C=O) groups is 1. The number of amides is 1. The van der Waals surface area contributed by atoms with Crippen molar-refractivity contribution in [3.8, 4) is 0 Å². The minimum atomic E-state index is -3.94. The molecule has 200 valence electrons. The Morgan fingerprint density at radius 2 is 1.92 bits per heavy atom. The number of hydrogen-bond donors (Lipinski definition) is 2. The molecule has 0 bridgehead atoms. The van der Waals surface area contributed by atoms with Crippen LogP contribution >= 0.6 is 0 Å². The fourth-order valence-corrected chi connectivity index (χ4v) is 7.36. The molecule has 9 heteroatoms. The summed E-state index contributed by atoms with van der Waals surface area (Å²) in [7, 11) is -1.88. The number of aromatic amines is 1. The van der Waals surface area contributed by atoms with E-state index in [4.69, 9.17) is 0 Å². The summed E-state index contributed by atoms with van der Waals surface area (Å²) in [6, 6.07) is 10.2. The number of likely N-dealkylation sites (tertiary alicyclic amines) is 1. The molecule has 1 aliphatic heterocycles. The highest BCUT2D eigenvalue weighted by Gasteiger charge is 2.32. The number of aromatic nitrogens is 3. The van der Waals surface area contributed by atoms with Gasteiger partial charge in [0, 0.05) is 36.7 Å². The summed E-state index contributed by atoms with van der Waals surface area (Å²) in [5.74, 6) is 0.406. The smallest absolute Gasteiger partial charge is 0.241 e. The number of carbonyl (C=O) groups excluding carboxylic acids is 1. The average Bonchev–Trinajstić information content (AvgIpc) is 3.50. The summed E-state index contributed by atoms with van der Waals surface area (Å²) < 4.78 is 32.5. The molecule has 2 N–H and O–H groups in total. The molecule has 0 spiro atoms. The number of rotatable bonds is 6. The lowest BCUT2D eigenvalue weighted by Crippen LogP contribution is -2.51. The standard InChI is InChI=1S/C29H35N5O3S/c1-19-11-13-34(14-12-19)29(35)26(16-20-7-9-24-25(15-20)31-18-30-24)32-38(36,37)21-8-10-28-23(17-21)22-5-3-4-6-27(22)33(28)2/h7-10,15,17-19,26,32H,3-6,11-14,16H2,1-2H3,(H,30,31). The van der Waals surface area contributed by atoms with Crippen molar-refractivity contribution in [3.05, 3.63) is 59.5 Å². The number of nitrogens with one attached hydrogen (secondary N) is 2. The molecule has 0 saturated carbocycles. The van der Waals surface area contributed by atoms with E-state index in [2.05, 4.69) is 33.2 Å². The number of fused-ring (bicyclic) bond motifs is 4. The van der Waals surface area contributed by atoms with Gasteiger partial charge < -0.3 is 14.5 Å². The third kappa shape index (κ3) is 4.62. The van der Waals surface area contributed by atoms with Crippen molar-refractivity contribution in [3.63, 3.8) is 0 Å². The number of hydrogen-bond acceptors (Lipinski definition) is 4. The lowest BCUT2D eigenvalue weighted by Gasteiger charge is -2.33. The second-order valence-corrected chi connectivity index (χ2v) is 12.7. The first-order chi connectivity index (χ1) is 18.3. The molecular formula is C29H35N5O3S. The van der Waals surface area contributed by atoms with Crippen molar-refractivity contribution in [1.82, 2.24) is 24.2 Å². The van der Waals surface area contributed by atoms with Crippen LogP contribution in [0.25, 0.3) is 21.9 Å². The summed E-state index contributed by atoms with van der Waals surface area (Å²) in [5, 5.41) is 1.00. The Morgan fingerprint density at radius 3 is 2.74 bits per heavy atom.